The van der Waals surface area contributed by atoms with Crippen LogP contribution < -0.4 is 0 Å². The monoisotopic (exact) mass is 408 g/mol. The Morgan fingerprint density at radius 1 is 0.800 bits per heavy atom. The van der Waals surface area contributed by atoms with Gasteiger partial charge in [0.05, 0.1) is 5.69 Å². The van der Waals surface area contributed by atoms with Gasteiger partial charge in [-0.3, -0.25) is 4.98 Å². The molecule has 0 bridgehead atoms. The summed E-state index contributed by atoms with van der Waals surface area (Å²) in [4.78, 5) is 8.44. The van der Waals surface area contributed by atoms with E-state index in [2.05, 4.69) is 25.3 Å². The highest BCUT2D eigenvalue weighted by Gasteiger charge is 2.35. The zero-order valence-corrected chi connectivity index (χ0v) is 15.1. The second-order valence-electron chi connectivity index (χ2n) is 6.32. The molecule has 0 aliphatic heterocycles. The average molecular weight is 408 g/mol. The van der Waals surface area contributed by atoms with Gasteiger partial charge in [0.25, 0.3) is 11.8 Å². The van der Waals surface area contributed by atoms with Crippen molar-refractivity contribution in [3.63, 3.8) is 0 Å². The van der Waals surface area contributed by atoms with Crippen LogP contribution in [-0.2, 0) is 6.18 Å². The maximum absolute atomic E-state index is 13.7. The van der Waals surface area contributed by atoms with Crippen molar-refractivity contribution in [2.75, 3.05) is 0 Å². The van der Waals surface area contributed by atoms with Crippen LogP contribution in [0.4, 0.5) is 13.2 Å². The van der Waals surface area contributed by atoms with Crippen LogP contribution in [-0.4, -0.2) is 29.8 Å². The summed E-state index contributed by atoms with van der Waals surface area (Å²) < 4.78 is 47.4. The Morgan fingerprint density at radius 3 is 2.23 bits per heavy atom. The molecule has 4 heterocycles. The van der Waals surface area contributed by atoms with Gasteiger partial charge < -0.3 is 4.42 Å². The molecule has 0 aliphatic rings. The first-order chi connectivity index (χ1) is 14.5. The first-order valence-corrected chi connectivity index (χ1v) is 8.78. The molecule has 148 valence electrons. The Labute approximate surface area is 166 Å². The van der Waals surface area contributed by atoms with Crippen LogP contribution in [0.3, 0.4) is 0 Å². The van der Waals surface area contributed by atoms with Crippen molar-refractivity contribution in [1.29, 1.82) is 0 Å². The summed E-state index contributed by atoms with van der Waals surface area (Å²) in [6.07, 6.45) is -3.07. The van der Waals surface area contributed by atoms with E-state index in [9.17, 15) is 13.2 Å². The zero-order valence-electron chi connectivity index (χ0n) is 15.1. The van der Waals surface area contributed by atoms with Crippen molar-refractivity contribution in [3.05, 3.63) is 72.6 Å². The van der Waals surface area contributed by atoms with Gasteiger partial charge >= 0.3 is 6.18 Å². The lowest BCUT2D eigenvalue weighted by atomic mass is 10.1. The van der Waals surface area contributed by atoms with Crippen molar-refractivity contribution in [2.24, 2.45) is 0 Å². The minimum atomic E-state index is -4.64. The van der Waals surface area contributed by atoms with Crippen LogP contribution in [0.2, 0.25) is 0 Å². The highest BCUT2D eigenvalue weighted by molar-refractivity contribution is 5.65. The number of alkyl halides is 3. The van der Waals surface area contributed by atoms with Crippen LogP contribution in [0.25, 0.3) is 40.1 Å². The van der Waals surface area contributed by atoms with Gasteiger partial charge in [-0.15, -0.1) is 10.2 Å². The Morgan fingerprint density at radius 2 is 1.53 bits per heavy atom. The lowest BCUT2D eigenvalue weighted by Crippen LogP contribution is -2.13. The van der Waals surface area contributed by atoms with Crippen molar-refractivity contribution in [2.45, 2.75) is 6.18 Å². The Balaban J connectivity index is 1.64. The molecular weight excluding hydrogens is 397 g/mol. The number of hydrogen-bond donors (Lipinski definition) is 0. The molecule has 0 atom stereocenters. The number of nitrogens with zero attached hydrogens (tertiary/aromatic N) is 6. The van der Waals surface area contributed by atoms with E-state index >= 15 is 0 Å². The summed E-state index contributed by atoms with van der Waals surface area (Å²) in [5.41, 5.74) is 0.316. The normalized spacial score (nSPS) is 11.8. The van der Waals surface area contributed by atoms with Crippen molar-refractivity contribution in [1.82, 2.24) is 29.8 Å². The second-order valence-corrected chi connectivity index (χ2v) is 6.32. The molecule has 0 unspecified atom stereocenters. The van der Waals surface area contributed by atoms with E-state index in [0.717, 1.165) is 10.6 Å². The van der Waals surface area contributed by atoms with Crippen LogP contribution in [0.1, 0.15) is 5.69 Å². The molecule has 0 saturated carbocycles. The second kappa shape index (κ2) is 6.76. The number of rotatable bonds is 3. The predicted octanol–water partition coefficient (Wildman–Crippen LogP) is 4.53. The first kappa shape index (κ1) is 18.0. The van der Waals surface area contributed by atoms with Gasteiger partial charge in [-0.05, 0) is 18.2 Å². The third-order valence-corrected chi connectivity index (χ3v) is 4.32. The number of halogens is 3. The molecular formula is C20H11F3N6O. The van der Waals surface area contributed by atoms with E-state index in [1.165, 1.54) is 6.07 Å². The summed E-state index contributed by atoms with van der Waals surface area (Å²) in [5, 5.41) is 11.8. The molecule has 5 rings (SSSR count). The Hall–Kier alpha value is -4.08. The van der Waals surface area contributed by atoms with Gasteiger partial charge in [0, 0.05) is 17.8 Å². The molecule has 4 aromatic heterocycles. The van der Waals surface area contributed by atoms with Gasteiger partial charge in [0.2, 0.25) is 0 Å². The van der Waals surface area contributed by atoms with Crippen molar-refractivity contribution >= 4 is 5.65 Å². The topological polar surface area (TPSA) is 82.0 Å². The highest BCUT2D eigenvalue weighted by Crippen LogP contribution is 2.33. The fraction of sp³-hybridized carbons (Fsp3) is 0.0500. The molecule has 0 saturated heterocycles. The minimum absolute atomic E-state index is 0.0104. The van der Waals surface area contributed by atoms with E-state index in [0.29, 0.717) is 11.3 Å². The lowest BCUT2D eigenvalue weighted by molar-refractivity contribution is -0.142. The summed E-state index contributed by atoms with van der Waals surface area (Å²) in [5.74, 6) is 0.104. The maximum Gasteiger partial charge on any atom is 0.433 e. The highest BCUT2D eigenvalue weighted by atomic mass is 19.4. The van der Waals surface area contributed by atoms with Gasteiger partial charge in [-0.2, -0.15) is 18.3 Å². The minimum Gasteiger partial charge on any atom is -0.413 e. The third kappa shape index (κ3) is 3.17. The number of fused-ring (bicyclic) bond motifs is 1. The zero-order chi connectivity index (χ0) is 20.7. The molecule has 0 fully saturated rings. The van der Waals surface area contributed by atoms with Gasteiger partial charge in [0.15, 0.2) is 17.0 Å². The lowest BCUT2D eigenvalue weighted by Gasteiger charge is -2.10. The van der Waals surface area contributed by atoms with Gasteiger partial charge in [-0.1, -0.05) is 36.4 Å². The molecule has 7 nitrogen and oxygen atoms in total. The fourth-order valence-corrected chi connectivity index (χ4v) is 2.96. The molecule has 0 amide bonds. The fourth-order valence-electron chi connectivity index (χ4n) is 2.96. The van der Waals surface area contributed by atoms with Crippen LogP contribution in [0, 0.1) is 0 Å². The summed E-state index contributed by atoms with van der Waals surface area (Å²) in [6.45, 7) is 0. The Bertz CT molecular complexity index is 1330. The van der Waals surface area contributed by atoms with Crippen LogP contribution >= 0.6 is 0 Å². The van der Waals surface area contributed by atoms with E-state index < -0.39 is 11.9 Å². The van der Waals surface area contributed by atoms with E-state index in [1.54, 1.807) is 54.7 Å². The van der Waals surface area contributed by atoms with E-state index in [1.807, 2.05) is 0 Å². The molecule has 0 N–H and O–H groups in total. The van der Waals surface area contributed by atoms with Crippen molar-refractivity contribution in [3.8, 4) is 34.4 Å². The SMILES string of the molecule is FC(F)(F)c1cc(-c2ccccc2)nc2cc(-c3nnc(-c4ccccn4)o3)nn12. The number of pyridine rings is 1. The maximum atomic E-state index is 13.7. The number of hydrogen-bond acceptors (Lipinski definition) is 6. The molecule has 1 aromatic carbocycles. The van der Waals surface area contributed by atoms with Crippen LogP contribution in [0.15, 0.2) is 71.3 Å². The van der Waals surface area contributed by atoms with Crippen LogP contribution in [0.5, 0.6) is 0 Å². The quantitative estimate of drug-likeness (QED) is 0.436. The third-order valence-electron chi connectivity index (χ3n) is 4.32. The summed E-state index contributed by atoms with van der Waals surface area (Å²) in [7, 11) is 0. The molecule has 0 spiro atoms. The standard InChI is InChI=1S/C20H11F3N6O/c21-20(22,23)16-10-14(12-6-2-1-3-7-12)25-17-11-15(28-29(16)17)19-27-26-18(30-19)13-8-4-5-9-24-13/h1-11H. The summed E-state index contributed by atoms with van der Waals surface area (Å²) >= 11 is 0. The molecule has 30 heavy (non-hydrogen) atoms. The smallest absolute Gasteiger partial charge is 0.413 e. The molecule has 10 heteroatoms. The average Bonchev–Trinajstić information content (AvgIpc) is 3.40. The van der Waals surface area contributed by atoms with Gasteiger partial charge in [-0.25, -0.2) is 9.50 Å². The first-order valence-electron chi connectivity index (χ1n) is 8.78. The largest absolute Gasteiger partial charge is 0.433 e. The summed E-state index contributed by atoms with van der Waals surface area (Å²) in [6, 6.07) is 16.1. The van der Waals surface area contributed by atoms with Gasteiger partial charge in [0.1, 0.15) is 5.69 Å². The molecule has 5 aromatic rings. The van der Waals surface area contributed by atoms with E-state index in [-0.39, 0.29) is 28.8 Å². The molecule has 0 radical (unpaired) electrons. The van der Waals surface area contributed by atoms with E-state index in [4.69, 9.17) is 4.42 Å². The van der Waals surface area contributed by atoms with Crippen molar-refractivity contribution < 1.29 is 17.6 Å². The number of benzene rings is 1. The molecule has 0 aliphatic carbocycles. The Kier molecular flexibility index (Phi) is 4.05. The predicted molar refractivity (Wildman–Crippen MR) is 99.9 cm³/mol. The number of aromatic nitrogens is 6.